The third-order valence-electron chi connectivity index (χ3n) is 3.64. The van der Waals surface area contributed by atoms with E-state index in [1.807, 2.05) is 0 Å². The lowest BCUT2D eigenvalue weighted by Crippen LogP contribution is -2.31. The topological polar surface area (TPSA) is 47.6 Å². The molecule has 1 aliphatic rings. The molecule has 1 fully saturated rings. The zero-order chi connectivity index (χ0) is 13.2. The van der Waals surface area contributed by atoms with Gasteiger partial charge in [-0.1, -0.05) is 26.2 Å². The maximum atomic E-state index is 11.0. The fourth-order valence-corrected chi connectivity index (χ4v) is 2.49. The maximum absolute atomic E-state index is 11.0. The van der Waals surface area contributed by atoms with E-state index in [2.05, 4.69) is 12.2 Å². The van der Waals surface area contributed by atoms with Crippen LogP contribution in [-0.4, -0.2) is 38.9 Å². The van der Waals surface area contributed by atoms with Gasteiger partial charge in [0.15, 0.2) is 0 Å². The van der Waals surface area contributed by atoms with Crippen LogP contribution in [0.1, 0.15) is 39.5 Å². The van der Waals surface area contributed by atoms with Crippen LogP contribution in [-0.2, 0) is 14.3 Å². The van der Waals surface area contributed by atoms with E-state index in [1.165, 1.54) is 25.7 Å². The SMILES string of the molecule is CCOC(=O)COCCNCC1CCCCC1C. The first-order chi connectivity index (χ1) is 8.74. The molecule has 106 valence electrons. The highest BCUT2D eigenvalue weighted by atomic mass is 16.6. The van der Waals surface area contributed by atoms with E-state index in [0.717, 1.165) is 24.9 Å². The molecule has 0 bridgehead atoms. The first kappa shape index (κ1) is 15.4. The van der Waals surface area contributed by atoms with Gasteiger partial charge in [-0.25, -0.2) is 4.79 Å². The lowest BCUT2D eigenvalue weighted by atomic mass is 9.80. The zero-order valence-electron chi connectivity index (χ0n) is 11.7. The van der Waals surface area contributed by atoms with Crippen molar-refractivity contribution in [3.63, 3.8) is 0 Å². The van der Waals surface area contributed by atoms with Crippen LogP contribution >= 0.6 is 0 Å². The van der Waals surface area contributed by atoms with Crippen molar-refractivity contribution in [3.8, 4) is 0 Å². The standard InChI is InChI=1S/C14H27NO3/c1-3-18-14(16)11-17-9-8-15-10-13-7-5-4-6-12(13)2/h12-13,15H,3-11H2,1-2H3. The summed E-state index contributed by atoms with van der Waals surface area (Å²) in [5.41, 5.74) is 0. The Morgan fingerprint density at radius 1 is 1.33 bits per heavy atom. The predicted molar refractivity (Wildman–Crippen MR) is 71.4 cm³/mol. The lowest BCUT2D eigenvalue weighted by Gasteiger charge is -2.28. The Hall–Kier alpha value is -0.610. The molecule has 0 amide bonds. The summed E-state index contributed by atoms with van der Waals surface area (Å²) < 4.78 is 10.0. The molecule has 2 atom stereocenters. The molecule has 0 heterocycles. The maximum Gasteiger partial charge on any atom is 0.332 e. The molecule has 0 radical (unpaired) electrons. The molecule has 0 spiro atoms. The lowest BCUT2D eigenvalue weighted by molar-refractivity contribution is -0.148. The number of ether oxygens (including phenoxy) is 2. The van der Waals surface area contributed by atoms with E-state index in [1.54, 1.807) is 6.92 Å². The van der Waals surface area contributed by atoms with Gasteiger partial charge in [0.1, 0.15) is 6.61 Å². The number of carbonyl (C=O) groups excluding carboxylic acids is 1. The van der Waals surface area contributed by atoms with Gasteiger partial charge in [-0.3, -0.25) is 0 Å². The second-order valence-electron chi connectivity index (χ2n) is 5.08. The van der Waals surface area contributed by atoms with E-state index in [0.29, 0.717) is 13.2 Å². The molecule has 0 saturated heterocycles. The quantitative estimate of drug-likeness (QED) is 0.533. The third-order valence-corrected chi connectivity index (χ3v) is 3.64. The Labute approximate surface area is 110 Å². The Kier molecular flexibility index (Phi) is 8.01. The molecule has 4 heteroatoms. The summed E-state index contributed by atoms with van der Waals surface area (Å²) >= 11 is 0. The third kappa shape index (κ3) is 6.36. The van der Waals surface area contributed by atoms with Crippen LogP contribution in [0.5, 0.6) is 0 Å². The molecule has 18 heavy (non-hydrogen) atoms. The highest BCUT2D eigenvalue weighted by molar-refractivity contribution is 5.70. The first-order valence-electron chi connectivity index (χ1n) is 7.18. The normalized spacial score (nSPS) is 23.9. The largest absolute Gasteiger partial charge is 0.464 e. The van der Waals surface area contributed by atoms with Gasteiger partial charge in [0.25, 0.3) is 0 Å². The van der Waals surface area contributed by atoms with Crippen LogP contribution in [0.2, 0.25) is 0 Å². The van der Waals surface area contributed by atoms with Gasteiger partial charge in [-0.2, -0.15) is 0 Å². The monoisotopic (exact) mass is 257 g/mol. The highest BCUT2D eigenvalue weighted by Crippen LogP contribution is 2.28. The summed E-state index contributed by atoms with van der Waals surface area (Å²) in [6.07, 6.45) is 5.47. The average molecular weight is 257 g/mol. The minimum atomic E-state index is -0.279. The van der Waals surface area contributed by atoms with E-state index < -0.39 is 0 Å². The Morgan fingerprint density at radius 3 is 2.83 bits per heavy atom. The summed E-state index contributed by atoms with van der Waals surface area (Å²) in [5, 5.41) is 3.41. The Balaban J connectivity index is 1.93. The van der Waals surface area contributed by atoms with Crippen LogP contribution in [0, 0.1) is 11.8 Å². The van der Waals surface area contributed by atoms with Crippen molar-refractivity contribution in [2.24, 2.45) is 11.8 Å². The molecule has 0 aromatic carbocycles. The van der Waals surface area contributed by atoms with Crippen LogP contribution in [0.15, 0.2) is 0 Å². The summed E-state index contributed by atoms with van der Waals surface area (Å²) in [6.45, 7) is 7.08. The molecular formula is C14H27NO3. The van der Waals surface area contributed by atoms with E-state index in [4.69, 9.17) is 9.47 Å². The Bertz CT molecular complexity index is 233. The van der Waals surface area contributed by atoms with Crippen molar-refractivity contribution in [1.82, 2.24) is 5.32 Å². The summed E-state index contributed by atoms with van der Waals surface area (Å²) in [7, 11) is 0. The van der Waals surface area contributed by atoms with Crippen LogP contribution in [0.3, 0.4) is 0 Å². The van der Waals surface area contributed by atoms with E-state index in [-0.39, 0.29) is 12.6 Å². The molecular weight excluding hydrogens is 230 g/mol. The zero-order valence-corrected chi connectivity index (χ0v) is 11.7. The molecule has 1 saturated carbocycles. The van der Waals surface area contributed by atoms with Gasteiger partial charge in [0.2, 0.25) is 0 Å². The minimum absolute atomic E-state index is 0.0648. The molecule has 0 aliphatic heterocycles. The van der Waals surface area contributed by atoms with Gasteiger partial charge in [-0.05, 0) is 31.7 Å². The second-order valence-corrected chi connectivity index (χ2v) is 5.08. The number of esters is 1. The summed E-state index contributed by atoms with van der Waals surface area (Å²) in [5.74, 6) is 1.37. The average Bonchev–Trinajstić information content (AvgIpc) is 2.36. The van der Waals surface area contributed by atoms with E-state index in [9.17, 15) is 4.79 Å². The molecule has 0 aromatic heterocycles. The first-order valence-corrected chi connectivity index (χ1v) is 7.18. The number of carbonyl (C=O) groups is 1. The fraction of sp³-hybridized carbons (Fsp3) is 0.929. The Morgan fingerprint density at radius 2 is 2.11 bits per heavy atom. The molecule has 4 nitrogen and oxygen atoms in total. The number of rotatable bonds is 8. The van der Waals surface area contributed by atoms with Crippen molar-refractivity contribution in [3.05, 3.63) is 0 Å². The molecule has 2 unspecified atom stereocenters. The minimum Gasteiger partial charge on any atom is -0.464 e. The van der Waals surface area contributed by atoms with Gasteiger partial charge < -0.3 is 14.8 Å². The summed E-state index contributed by atoms with van der Waals surface area (Å²) in [6, 6.07) is 0. The predicted octanol–water partition coefficient (Wildman–Crippen LogP) is 1.98. The fourth-order valence-electron chi connectivity index (χ4n) is 2.49. The van der Waals surface area contributed by atoms with Crippen molar-refractivity contribution in [1.29, 1.82) is 0 Å². The van der Waals surface area contributed by atoms with Crippen molar-refractivity contribution < 1.29 is 14.3 Å². The molecule has 0 aromatic rings. The van der Waals surface area contributed by atoms with Gasteiger partial charge >= 0.3 is 5.97 Å². The van der Waals surface area contributed by atoms with Crippen LogP contribution in [0.4, 0.5) is 0 Å². The number of hydrogen-bond donors (Lipinski definition) is 1. The smallest absolute Gasteiger partial charge is 0.332 e. The van der Waals surface area contributed by atoms with Crippen molar-refractivity contribution in [2.75, 3.05) is 32.9 Å². The van der Waals surface area contributed by atoms with Crippen molar-refractivity contribution >= 4 is 5.97 Å². The molecule has 1 rings (SSSR count). The van der Waals surface area contributed by atoms with Crippen LogP contribution in [0.25, 0.3) is 0 Å². The second kappa shape index (κ2) is 9.34. The van der Waals surface area contributed by atoms with Gasteiger partial charge in [0, 0.05) is 6.54 Å². The highest BCUT2D eigenvalue weighted by Gasteiger charge is 2.20. The summed E-state index contributed by atoms with van der Waals surface area (Å²) in [4.78, 5) is 11.0. The number of nitrogens with one attached hydrogen (secondary N) is 1. The van der Waals surface area contributed by atoms with Crippen molar-refractivity contribution in [2.45, 2.75) is 39.5 Å². The molecule has 1 aliphatic carbocycles. The van der Waals surface area contributed by atoms with Gasteiger partial charge in [0.05, 0.1) is 13.2 Å². The van der Waals surface area contributed by atoms with Crippen LogP contribution < -0.4 is 5.32 Å². The van der Waals surface area contributed by atoms with Gasteiger partial charge in [-0.15, -0.1) is 0 Å². The van der Waals surface area contributed by atoms with E-state index >= 15 is 0 Å². The number of hydrogen-bond acceptors (Lipinski definition) is 4. The molecule has 1 N–H and O–H groups in total.